The van der Waals surface area contributed by atoms with Crippen LogP contribution in [0, 0.1) is 5.92 Å². The van der Waals surface area contributed by atoms with Gasteiger partial charge in [-0.05, 0) is 31.2 Å². The maximum Gasteiger partial charge on any atom is 0.276 e. The van der Waals surface area contributed by atoms with Gasteiger partial charge in [-0.2, -0.15) is 0 Å². The smallest absolute Gasteiger partial charge is 0.276 e. The summed E-state index contributed by atoms with van der Waals surface area (Å²) in [4.78, 5) is 31.6. The molecule has 0 radical (unpaired) electrons. The molecule has 8 nitrogen and oxygen atoms in total. The van der Waals surface area contributed by atoms with E-state index in [2.05, 4.69) is 21.3 Å². The Hall–Kier alpha value is -2.32. The van der Waals surface area contributed by atoms with Crippen LogP contribution in [0.4, 0.5) is 5.69 Å². The Bertz CT molecular complexity index is 900. The summed E-state index contributed by atoms with van der Waals surface area (Å²) in [7, 11) is 0. The average Bonchev–Trinajstić information content (AvgIpc) is 3.24. The summed E-state index contributed by atoms with van der Waals surface area (Å²) >= 11 is 6.21. The number of rotatable bonds is 3. The Balaban J connectivity index is 1.49. The lowest BCUT2D eigenvalue weighted by molar-refractivity contribution is 0.0600. The number of nitrogens with two attached hydrogens (primary N) is 2. The molecule has 3 aliphatic rings. The van der Waals surface area contributed by atoms with Crippen molar-refractivity contribution in [3.63, 3.8) is 0 Å². The number of hydrogen-bond acceptors (Lipinski definition) is 5. The van der Waals surface area contributed by atoms with E-state index < -0.39 is 5.66 Å². The summed E-state index contributed by atoms with van der Waals surface area (Å²) in [6.07, 6.45) is 9.84. The van der Waals surface area contributed by atoms with Crippen LogP contribution in [0.1, 0.15) is 42.6 Å². The second-order valence-electron chi connectivity index (χ2n) is 7.83. The van der Waals surface area contributed by atoms with E-state index in [1.54, 1.807) is 6.20 Å². The lowest BCUT2D eigenvalue weighted by Crippen LogP contribution is -2.56. The molecule has 150 valence electrons. The van der Waals surface area contributed by atoms with Crippen LogP contribution in [-0.2, 0) is 5.66 Å². The summed E-state index contributed by atoms with van der Waals surface area (Å²) in [6.45, 7) is 1.61. The Morgan fingerprint density at radius 2 is 2.04 bits per heavy atom. The number of aliphatic imine (C=N–C) groups is 1. The highest BCUT2D eigenvalue weighted by Gasteiger charge is 2.47. The van der Waals surface area contributed by atoms with Crippen molar-refractivity contribution in [2.45, 2.75) is 43.8 Å². The minimum atomic E-state index is -0.729. The van der Waals surface area contributed by atoms with Gasteiger partial charge in [-0.15, -0.1) is 0 Å². The van der Waals surface area contributed by atoms with Gasteiger partial charge in [-0.25, -0.2) is 4.99 Å². The summed E-state index contributed by atoms with van der Waals surface area (Å²) in [5.41, 5.74) is 10.3. The molecule has 3 heterocycles. The van der Waals surface area contributed by atoms with Crippen molar-refractivity contribution < 1.29 is 4.79 Å². The maximum atomic E-state index is 12.7. The van der Waals surface area contributed by atoms with Crippen LogP contribution in [0.15, 0.2) is 28.1 Å². The van der Waals surface area contributed by atoms with Crippen molar-refractivity contribution in [2.24, 2.45) is 16.6 Å². The molecule has 1 amide bonds. The molecule has 1 aliphatic carbocycles. The summed E-state index contributed by atoms with van der Waals surface area (Å²) in [5, 5.41) is 3.24. The number of likely N-dealkylation sites (tertiary alicyclic amines) is 1. The SMILES string of the molecule is N/C=N\C=C/C1CCC(N2CCC3(CC2)NC(=O)c2c(Cl)cc(N)c(=O)n23)C1. The zero-order valence-corrected chi connectivity index (χ0v) is 16.4. The molecule has 1 saturated carbocycles. The van der Waals surface area contributed by atoms with Crippen molar-refractivity contribution in [1.29, 1.82) is 0 Å². The largest absolute Gasteiger partial charge is 0.394 e. The Kier molecular flexibility index (Phi) is 4.93. The third-order valence-electron chi connectivity index (χ3n) is 6.29. The summed E-state index contributed by atoms with van der Waals surface area (Å²) < 4.78 is 1.50. The van der Waals surface area contributed by atoms with Gasteiger partial charge in [0, 0.05) is 38.2 Å². The third-order valence-corrected chi connectivity index (χ3v) is 6.58. The van der Waals surface area contributed by atoms with Gasteiger partial charge in [0.2, 0.25) is 0 Å². The van der Waals surface area contributed by atoms with E-state index in [-0.39, 0.29) is 27.9 Å². The molecular formula is C19H25ClN6O2. The topological polar surface area (TPSA) is 119 Å². The number of nitrogens with zero attached hydrogens (tertiary/aromatic N) is 3. The van der Waals surface area contributed by atoms with Crippen molar-refractivity contribution in [3.8, 4) is 0 Å². The van der Waals surface area contributed by atoms with E-state index in [9.17, 15) is 9.59 Å². The molecule has 2 unspecified atom stereocenters. The van der Waals surface area contributed by atoms with Crippen LogP contribution in [0.2, 0.25) is 5.02 Å². The van der Waals surface area contributed by atoms with Gasteiger partial charge in [0.15, 0.2) is 0 Å². The molecule has 0 aromatic carbocycles. The van der Waals surface area contributed by atoms with Crippen LogP contribution in [0.5, 0.6) is 0 Å². The number of carbonyl (C=O) groups excluding carboxylic acids is 1. The molecule has 4 rings (SSSR count). The van der Waals surface area contributed by atoms with Crippen LogP contribution < -0.4 is 22.3 Å². The first-order valence-corrected chi connectivity index (χ1v) is 10.0. The molecule has 1 spiro atoms. The number of amides is 1. The average molecular weight is 405 g/mol. The fourth-order valence-electron chi connectivity index (χ4n) is 4.88. The number of allylic oxidation sites excluding steroid dienone is 1. The predicted molar refractivity (Wildman–Crippen MR) is 109 cm³/mol. The number of nitrogens with one attached hydrogen (secondary N) is 1. The molecule has 5 N–H and O–H groups in total. The molecular weight excluding hydrogens is 380 g/mol. The highest BCUT2D eigenvalue weighted by atomic mass is 35.5. The zero-order valence-electron chi connectivity index (χ0n) is 15.6. The van der Waals surface area contributed by atoms with Gasteiger partial charge in [0.25, 0.3) is 11.5 Å². The normalized spacial score (nSPS) is 27.1. The number of aromatic nitrogens is 1. The van der Waals surface area contributed by atoms with E-state index in [1.807, 2.05) is 0 Å². The molecule has 1 saturated heterocycles. The molecule has 2 atom stereocenters. The summed E-state index contributed by atoms with van der Waals surface area (Å²) in [6, 6.07) is 1.87. The minimum Gasteiger partial charge on any atom is -0.394 e. The molecule has 0 bridgehead atoms. The van der Waals surface area contributed by atoms with Gasteiger partial charge >= 0.3 is 0 Å². The number of fused-ring (bicyclic) bond motifs is 2. The van der Waals surface area contributed by atoms with E-state index in [1.165, 1.54) is 17.0 Å². The third kappa shape index (κ3) is 3.10. The highest BCUT2D eigenvalue weighted by molar-refractivity contribution is 6.34. The fraction of sp³-hybridized carbons (Fsp3) is 0.526. The quantitative estimate of drug-likeness (QED) is 0.517. The monoisotopic (exact) mass is 404 g/mol. The van der Waals surface area contributed by atoms with Crippen LogP contribution >= 0.6 is 11.6 Å². The molecule has 9 heteroatoms. The predicted octanol–water partition coefficient (Wildman–Crippen LogP) is 1.25. The number of halogens is 1. The van der Waals surface area contributed by atoms with Gasteiger partial charge in [-0.1, -0.05) is 17.7 Å². The molecule has 28 heavy (non-hydrogen) atoms. The second kappa shape index (κ2) is 7.25. The fourth-order valence-corrected chi connectivity index (χ4v) is 5.16. The zero-order chi connectivity index (χ0) is 19.9. The molecule has 1 aromatic heterocycles. The maximum absolute atomic E-state index is 12.7. The first-order valence-electron chi connectivity index (χ1n) is 9.63. The number of pyridine rings is 1. The first kappa shape index (κ1) is 19.0. The lowest BCUT2D eigenvalue weighted by atomic mass is 9.95. The van der Waals surface area contributed by atoms with Gasteiger partial charge < -0.3 is 21.7 Å². The van der Waals surface area contributed by atoms with Gasteiger partial charge in [0.05, 0.1) is 17.0 Å². The number of hydrogen-bond donors (Lipinski definition) is 3. The number of anilines is 1. The van der Waals surface area contributed by atoms with Crippen molar-refractivity contribution in [2.75, 3.05) is 18.8 Å². The molecule has 1 aromatic rings. The second-order valence-corrected chi connectivity index (χ2v) is 8.23. The van der Waals surface area contributed by atoms with Crippen LogP contribution in [0.3, 0.4) is 0 Å². The Labute approximate surface area is 168 Å². The van der Waals surface area contributed by atoms with Crippen molar-refractivity contribution in [1.82, 2.24) is 14.8 Å². The van der Waals surface area contributed by atoms with E-state index >= 15 is 0 Å². The first-order chi connectivity index (χ1) is 13.4. The Morgan fingerprint density at radius 1 is 1.29 bits per heavy atom. The number of nitrogen functional groups attached to an aromatic ring is 1. The minimum absolute atomic E-state index is 0.0672. The lowest BCUT2D eigenvalue weighted by Gasteiger charge is -2.42. The van der Waals surface area contributed by atoms with Crippen molar-refractivity contribution >= 4 is 29.5 Å². The van der Waals surface area contributed by atoms with Crippen LogP contribution in [-0.4, -0.2) is 40.8 Å². The van der Waals surface area contributed by atoms with Gasteiger partial charge in [-0.3, -0.25) is 14.2 Å². The Morgan fingerprint density at radius 3 is 2.75 bits per heavy atom. The van der Waals surface area contributed by atoms with E-state index in [0.717, 1.165) is 32.4 Å². The van der Waals surface area contributed by atoms with E-state index in [4.69, 9.17) is 23.1 Å². The number of piperidine rings is 1. The highest BCUT2D eigenvalue weighted by Crippen LogP contribution is 2.38. The van der Waals surface area contributed by atoms with Gasteiger partial charge in [0.1, 0.15) is 11.4 Å². The van der Waals surface area contributed by atoms with E-state index in [0.29, 0.717) is 24.8 Å². The van der Waals surface area contributed by atoms with Crippen molar-refractivity contribution in [3.05, 3.63) is 39.4 Å². The number of carbonyl (C=O) groups is 1. The standard InChI is InChI=1S/C19H25ClN6O2/c20-14-10-15(22)18(28)26-16(14)17(27)24-19(26)4-7-25(8-5-19)13-2-1-12(9-13)3-6-23-11-21/h3,6,10-13H,1-2,4-5,7-9,22H2,(H2,21,23)(H,24,27)/b6-3-. The summed E-state index contributed by atoms with van der Waals surface area (Å²) in [5.74, 6) is 0.208. The van der Waals surface area contributed by atoms with Crippen LogP contribution in [0.25, 0.3) is 0 Å². The molecule has 2 aliphatic heterocycles. The molecule has 2 fully saturated rings.